The molecule has 3 heteroatoms. The third-order valence-electron chi connectivity index (χ3n) is 4.16. The van der Waals surface area contributed by atoms with Crippen molar-refractivity contribution in [1.29, 1.82) is 5.26 Å². The zero-order chi connectivity index (χ0) is 17.1. The molecular weight excluding hydrogens is 316 g/mol. The molecule has 0 saturated heterocycles. The van der Waals surface area contributed by atoms with Gasteiger partial charge in [0, 0.05) is 33.7 Å². The summed E-state index contributed by atoms with van der Waals surface area (Å²) in [6.07, 6.45) is 3.85. The van der Waals surface area contributed by atoms with Gasteiger partial charge in [-0.05, 0) is 36.8 Å². The molecule has 3 rings (SSSR count). The minimum atomic E-state index is 0.622. The Balaban J connectivity index is 2.21. The molecule has 0 aliphatic carbocycles. The van der Waals surface area contributed by atoms with Gasteiger partial charge in [-0.2, -0.15) is 5.26 Å². The summed E-state index contributed by atoms with van der Waals surface area (Å²) in [5.74, 6) is 0. The van der Waals surface area contributed by atoms with E-state index in [2.05, 4.69) is 36.3 Å². The van der Waals surface area contributed by atoms with E-state index in [4.69, 9.17) is 11.6 Å². The second kappa shape index (κ2) is 6.78. The summed E-state index contributed by atoms with van der Waals surface area (Å²) < 4.78 is 2.21. The largest absolute Gasteiger partial charge is 0.340 e. The van der Waals surface area contributed by atoms with Crippen LogP contribution in [0.5, 0.6) is 0 Å². The summed E-state index contributed by atoms with van der Waals surface area (Å²) in [6, 6.07) is 17.9. The summed E-state index contributed by atoms with van der Waals surface area (Å²) in [5, 5.41) is 11.4. The molecule has 0 bridgehead atoms. The van der Waals surface area contributed by atoms with Crippen molar-refractivity contribution in [3.05, 3.63) is 83.0 Å². The topological polar surface area (TPSA) is 28.7 Å². The average Bonchev–Trinajstić information content (AvgIpc) is 2.86. The second-order valence-corrected chi connectivity index (χ2v) is 6.03. The Hall–Kier alpha value is -2.76. The lowest BCUT2D eigenvalue weighted by Gasteiger charge is -2.04. The molecule has 0 N–H and O–H groups in total. The monoisotopic (exact) mass is 332 g/mol. The highest BCUT2D eigenvalue weighted by Gasteiger charge is 2.12. The van der Waals surface area contributed by atoms with Crippen molar-refractivity contribution in [2.45, 2.75) is 13.5 Å². The van der Waals surface area contributed by atoms with Gasteiger partial charge < -0.3 is 4.57 Å². The summed E-state index contributed by atoms with van der Waals surface area (Å²) in [4.78, 5) is 0. The summed E-state index contributed by atoms with van der Waals surface area (Å²) in [6.45, 7) is 6.66. The number of para-hydroxylation sites is 1. The summed E-state index contributed by atoms with van der Waals surface area (Å²) >= 11 is 5.95. The molecule has 0 unspecified atom stereocenters. The van der Waals surface area contributed by atoms with Gasteiger partial charge in [0.15, 0.2) is 0 Å². The highest BCUT2D eigenvalue weighted by molar-refractivity contribution is 6.30. The lowest BCUT2D eigenvalue weighted by atomic mass is 10.0. The molecule has 0 fully saturated rings. The Morgan fingerprint density at radius 3 is 2.58 bits per heavy atom. The maximum Gasteiger partial charge on any atom is 0.0998 e. The Kier molecular flexibility index (Phi) is 4.55. The lowest BCUT2D eigenvalue weighted by Crippen LogP contribution is -1.97. The Labute approximate surface area is 146 Å². The predicted molar refractivity (Wildman–Crippen MR) is 102 cm³/mol. The zero-order valence-electron chi connectivity index (χ0n) is 13.5. The van der Waals surface area contributed by atoms with Gasteiger partial charge in [-0.3, -0.25) is 0 Å². The van der Waals surface area contributed by atoms with Crippen LogP contribution in [0.25, 0.3) is 22.6 Å². The lowest BCUT2D eigenvalue weighted by molar-refractivity contribution is 0.828. The Morgan fingerprint density at radius 2 is 1.92 bits per heavy atom. The normalized spacial score (nSPS) is 11.5. The van der Waals surface area contributed by atoms with E-state index < -0.39 is 0 Å². The van der Waals surface area contributed by atoms with Gasteiger partial charge in [0.05, 0.1) is 11.6 Å². The molecule has 0 atom stereocenters. The Bertz CT molecular complexity index is 969. The van der Waals surface area contributed by atoms with Crippen LogP contribution in [0.4, 0.5) is 0 Å². The SMILES string of the molecule is C=CCn1c(C)c(/C=C(/C#N)c2ccc(Cl)cc2)c2ccccc21. The van der Waals surface area contributed by atoms with Crippen molar-refractivity contribution in [1.82, 2.24) is 4.57 Å². The van der Waals surface area contributed by atoms with Crippen LogP contribution in [0, 0.1) is 18.3 Å². The minimum Gasteiger partial charge on any atom is -0.340 e. The summed E-state index contributed by atoms with van der Waals surface area (Å²) in [7, 11) is 0. The van der Waals surface area contributed by atoms with Crippen molar-refractivity contribution >= 4 is 34.2 Å². The van der Waals surface area contributed by atoms with E-state index >= 15 is 0 Å². The maximum atomic E-state index is 9.61. The molecule has 118 valence electrons. The third-order valence-corrected chi connectivity index (χ3v) is 4.41. The second-order valence-electron chi connectivity index (χ2n) is 5.59. The molecular formula is C21H17ClN2. The van der Waals surface area contributed by atoms with Crippen LogP contribution in [0.2, 0.25) is 5.02 Å². The molecule has 24 heavy (non-hydrogen) atoms. The molecule has 0 amide bonds. The van der Waals surface area contributed by atoms with E-state index in [0.29, 0.717) is 10.6 Å². The third kappa shape index (κ3) is 2.87. The smallest absolute Gasteiger partial charge is 0.0998 e. The molecule has 0 spiro atoms. The first-order valence-electron chi connectivity index (χ1n) is 7.72. The predicted octanol–water partition coefficient (Wildman–Crippen LogP) is 5.85. The molecule has 3 aromatic rings. The minimum absolute atomic E-state index is 0.622. The Morgan fingerprint density at radius 1 is 1.21 bits per heavy atom. The molecule has 1 heterocycles. The number of halogens is 1. The van der Waals surface area contributed by atoms with Crippen molar-refractivity contribution < 1.29 is 0 Å². The number of hydrogen-bond acceptors (Lipinski definition) is 1. The van der Waals surface area contributed by atoms with E-state index in [1.54, 1.807) is 12.1 Å². The van der Waals surface area contributed by atoms with Crippen molar-refractivity contribution in [2.75, 3.05) is 0 Å². The summed E-state index contributed by atoms with van der Waals surface area (Å²) in [5.41, 5.74) is 4.82. The fourth-order valence-electron chi connectivity index (χ4n) is 2.96. The number of nitriles is 1. The number of fused-ring (bicyclic) bond motifs is 1. The van der Waals surface area contributed by atoms with Gasteiger partial charge in [0.25, 0.3) is 0 Å². The molecule has 2 aromatic carbocycles. The molecule has 0 radical (unpaired) electrons. The quantitative estimate of drug-likeness (QED) is 0.435. The van der Waals surface area contributed by atoms with Crippen molar-refractivity contribution in [3.8, 4) is 6.07 Å². The number of aromatic nitrogens is 1. The van der Waals surface area contributed by atoms with E-state index in [-0.39, 0.29) is 0 Å². The van der Waals surface area contributed by atoms with Crippen LogP contribution in [-0.2, 0) is 6.54 Å². The highest BCUT2D eigenvalue weighted by atomic mass is 35.5. The molecule has 2 nitrogen and oxygen atoms in total. The van der Waals surface area contributed by atoms with E-state index in [1.165, 1.54) is 0 Å². The first-order valence-corrected chi connectivity index (χ1v) is 8.10. The van der Waals surface area contributed by atoms with Crippen molar-refractivity contribution in [2.24, 2.45) is 0 Å². The zero-order valence-corrected chi connectivity index (χ0v) is 14.2. The van der Waals surface area contributed by atoms with Gasteiger partial charge in [0.2, 0.25) is 0 Å². The molecule has 0 aliphatic rings. The number of hydrogen-bond donors (Lipinski definition) is 0. The van der Waals surface area contributed by atoms with Crippen molar-refractivity contribution in [3.63, 3.8) is 0 Å². The van der Waals surface area contributed by atoms with Gasteiger partial charge in [-0.1, -0.05) is 48.0 Å². The number of benzene rings is 2. The maximum absolute atomic E-state index is 9.61. The fraction of sp³-hybridized carbons (Fsp3) is 0.0952. The standard InChI is InChI=1S/C21H17ClN2/c1-3-12-24-15(2)20(19-6-4-5-7-21(19)24)13-17(14-23)16-8-10-18(22)11-9-16/h3-11,13H,1,12H2,2H3/b17-13-. The van der Waals surface area contributed by atoms with E-state index in [0.717, 1.165) is 34.3 Å². The first kappa shape index (κ1) is 16.1. The van der Waals surface area contributed by atoms with E-state index in [1.807, 2.05) is 36.4 Å². The number of nitrogens with zero attached hydrogens (tertiary/aromatic N) is 2. The van der Waals surface area contributed by atoms with Gasteiger partial charge in [-0.15, -0.1) is 6.58 Å². The van der Waals surface area contributed by atoms with Gasteiger partial charge in [-0.25, -0.2) is 0 Å². The van der Waals surface area contributed by atoms with Crippen LogP contribution in [0.1, 0.15) is 16.8 Å². The molecule has 1 aromatic heterocycles. The molecule has 0 aliphatic heterocycles. The van der Waals surface area contributed by atoms with Crippen LogP contribution in [0.3, 0.4) is 0 Å². The molecule has 0 saturated carbocycles. The van der Waals surface area contributed by atoms with E-state index in [9.17, 15) is 5.26 Å². The van der Waals surface area contributed by atoms with Crippen LogP contribution in [0.15, 0.2) is 61.2 Å². The fourth-order valence-corrected chi connectivity index (χ4v) is 3.08. The highest BCUT2D eigenvalue weighted by Crippen LogP contribution is 2.30. The average molecular weight is 333 g/mol. The van der Waals surface area contributed by atoms with Crippen LogP contribution < -0.4 is 0 Å². The van der Waals surface area contributed by atoms with Crippen LogP contribution >= 0.6 is 11.6 Å². The number of allylic oxidation sites excluding steroid dienone is 2. The number of rotatable bonds is 4. The first-order chi connectivity index (χ1) is 11.7. The van der Waals surface area contributed by atoms with Gasteiger partial charge in [0.1, 0.15) is 0 Å². The van der Waals surface area contributed by atoms with Crippen LogP contribution in [-0.4, -0.2) is 4.57 Å². The van der Waals surface area contributed by atoms with Gasteiger partial charge >= 0.3 is 0 Å².